The van der Waals surface area contributed by atoms with E-state index < -0.39 is 0 Å². The highest BCUT2D eigenvalue weighted by Gasteiger charge is 2.10. The number of nitrogens with one attached hydrogen (secondary N) is 1. The topological polar surface area (TPSA) is 35.6 Å². The standard InChI is InChI=1S/C17H29N3O/c1-6-19(7-2)15-10-11-16(14(5)12-15)18-13-17(21)20(8-3)9-4/h10-12,18H,6-9,13H2,1-5H3. The average molecular weight is 291 g/mol. The Morgan fingerprint density at radius 2 is 1.67 bits per heavy atom. The highest BCUT2D eigenvalue weighted by atomic mass is 16.2. The Hall–Kier alpha value is -1.71. The molecule has 0 saturated carbocycles. The van der Waals surface area contributed by atoms with Crippen molar-refractivity contribution in [3.05, 3.63) is 23.8 Å². The molecule has 118 valence electrons. The summed E-state index contributed by atoms with van der Waals surface area (Å²) >= 11 is 0. The van der Waals surface area contributed by atoms with Crippen LogP contribution in [0.2, 0.25) is 0 Å². The normalized spacial score (nSPS) is 10.3. The first-order valence-electron chi connectivity index (χ1n) is 7.94. The zero-order valence-electron chi connectivity index (χ0n) is 14.1. The number of anilines is 2. The molecule has 0 aliphatic heterocycles. The first-order chi connectivity index (χ1) is 10.1. The number of amides is 1. The first-order valence-corrected chi connectivity index (χ1v) is 7.94. The van der Waals surface area contributed by atoms with E-state index in [9.17, 15) is 4.79 Å². The third-order valence-corrected chi connectivity index (χ3v) is 3.88. The van der Waals surface area contributed by atoms with Gasteiger partial charge in [0.1, 0.15) is 0 Å². The lowest BCUT2D eigenvalue weighted by atomic mass is 10.1. The predicted octanol–water partition coefficient (Wildman–Crippen LogP) is 3.12. The third kappa shape index (κ3) is 4.66. The summed E-state index contributed by atoms with van der Waals surface area (Å²) in [6, 6.07) is 6.36. The van der Waals surface area contributed by atoms with Gasteiger partial charge >= 0.3 is 0 Å². The minimum atomic E-state index is 0.146. The van der Waals surface area contributed by atoms with Crippen molar-refractivity contribution in [1.82, 2.24) is 4.90 Å². The predicted molar refractivity (Wildman–Crippen MR) is 91.2 cm³/mol. The van der Waals surface area contributed by atoms with Gasteiger partial charge in [0.25, 0.3) is 0 Å². The number of carbonyl (C=O) groups is 1. The van der Waals surface area contributed by atoms with Gasteiger partial charge in [-0.15, -0.1) is 0 Å². The van der Waals surface area contributed by atoms with Crippen molar-refractivity contribution in [3.63, 3.8) is 0 Å². The van der Waals surface area contributed by atoms with Crippen molar-refractivity contribution >= 4 is 17.3 Å². The summed E-state index contributed by atoms with van der Waals surface area (Å²) in [4.78, 5) is 16.2. The number of aryl methyl sites for hydroxylation is 1. The molecule has 1 amide bonds. The molecular formula is C17H29N3O. The van der Waals surface area contributed by atoms with Gasteiger partial charge in [-0.25, -0.2) is 0 Å². The molecule has 0 bridgehead atoms. The Kier molecular flexibility index (Phi) is 7.06. The van der Waals surface area contributed by atoms with Gasteiger partial charge in [-0.2, -0.15) is 0 Å². The van der Waals surface area contributed by atoms with Gasteiger partial charge in [-0.3, -0.25) is 4.79 Å². The van der Waals surface area contributed by atoms with Gasteiger partial charge in [0, 0.05) is 37.6 Å². The van der Waals surface area contributed by atoms with E-state index in [4.69, 9.17) is 0 Å². The summed E-state index contributed by atoms with van der Waals surface area (Å²) in [6.07, 6.45) is 0. The number of benzene rings is 1. The lowest BCUT2D eigenvalue weighted by Gasteiger charge is -2.23. The van der Waals surface area contributed by atoms with Crippen LogP contribution in [-0.2, 0) is 4.79 Å². The molecule has 1 rings (SSSR count). The quantitative estimate of drug-likeness (QED) is 0.799. The van der Waals surface area contributed by atoms with Crippen LogP contribution in [0.4, 0.5) is 11.4 Å². The molecule has 0 atom stereocenters. The molecule has 0 unspecified atom stereocenters. The highest BCUT2D eigenvalue weighted by molar-refractivity contribution is 5.81. The van der Waals surface area contributed by atoms with Crippen LogP contribution in [0.5, 0.6) is 0 Å². The van der Waals surface area contributed by atoms with E-state index in [-0.39, 0.29) is 5.91 Å². The second-order valence-corrected chi connectivity index (χ2v) is 5.09. The van der Waals surface area contributed by atoms with Gasteiger partial charge in [0.05, 0.1) is 6.54 Å². The van der Waals surface area contributed by atoms with Crippen LogP contribution >= 0.6 is 0 Å². The van der Waals surface area contributed by atoms with E-state index in [1.54, 1.807) is 0 Å². The van der Waals surface area contributed by atoms with Crippen LogP contribution in [0.3, 0.4) is 0 Å². The van der Waals surface area contributed by atoms with Crippen LogP contribution in [0.15, 0.2) is 18.2 Å². The van der Waals surface area contributed by atoms with Gasteiger partial charge in [-0.1, -0.05) is 0 Å². The van der Waals surface area contributed by atoms with E-state index in [0.29, 0.717) is 6.54 Å². The zero-order valence-corrected chi connectivity index (χ0v) is 14.1. The SMILES string of the molecule is CCN(CC)C(=O)CNc1ccc(N(CC)CC)cc1C. The van der Waals surface area contributed by atoms with Crippen LogP contribution in [0, 0.1) is 6.92 Å². The Morgan fingerprint density at radius 1 is 1.05 bits per heavy atom. The van der Waals surface area contributed by atoms with E-state index in [2.05, 4.69) is 49.2 Å². The van der Waals surface area contributed by atoms with Crippen molar-refractivity contribution < 1.29 is 4.79 Å². The largest absolute Gasteiger partial charge is 0.376 e. The average Bonchev–Trinajstić information content (AvgIpc) is 2.49. The van der Waals surface area contributed by atoms with E-state index in [1.165, 1.54) is 11.3 Å². The highest BCUT2D eigenvalue weighted by Crippen LogP contribution is 2.22. The number of hydrogen-bond donors (Lipinski definition) is 1. The van der Waals surface area contributed by atoms with Gasteiger partial charge in [0.15, 0.2) is 0 Å². The molecule has 4 nitrogen and oxygen atoms in total. The fraction of sp³-hybridized carbons (Fsp3) is 0.588. The molecule has 0 radical (unpaired) electrons. The van der Waals surface area contributed by atoms with Crippen molar-refractivity contribution in [2.75, 3.05) is 42.9 Å². The molecule has 1 aromatic rings. The molecule has 1 N–H and O–H groups in total. The molecule has 0 aromatic heterocycles. The number of likely N-dealkylation sites (N-methyl/N-ethyl adjacent to an activating group) is 1. The Morgan fingerprint density at radius 3 is 2.14 bits per heavy atom. The fourth-order valence-electron chi connectivity index (χ4n) is 2.49. The van der Waals surface area contributed by atoms with E-state index in [0.717, 1.165) is 31.9 Å². The minimum Gasteiger partial charge on any atom is -0.376 e. The molecule has 4 heteroatoms. The number of carbonyl (C=O) groups excluding carboxylic acids is 1. The lowest BCUT2D eigenvalue weighted by Crippen LogP contribution is -2.35. The van der Waals surface area contributed by atoms with Gasteiger partial charge < -0.3 is 15.1 Å². The maximum atomic E-state index is 12.0. The van der Waals surface area contributed by atoms with Crippen molar-refractivity contribution in [2.45, 2.75) is 34.6 Å². The van der Waals surface area contributed by atoms with Crippen LogP contribution in [0.1, 0.15) is 33.3 Å². The molecule has 0 spiro atoms. The molecule has 1 aromatic carbocycles. The number of nitrogens with zero attached hydrogens (tertiary/aromatic N) is 2. The summed E-state index contributed by atoms with van der Waals surface area (Å²) < 4.78 is 0. The Bertz CT molecular complexity index is 451. The monoisotopic (exact) mass is 291 g/mol. The Balaban J connectivity index is 2.71. The molecule has 0 heterocycles. The summed E-state index contributed by atoms with van der Waals surface area (Å²) in [6.45, 7) is 14.3. The summed E-state index contributed by atoms with van der Waals surface area (Å²) in [5, 5.41) is 3.25. The van der Waals surface area contributed by atoms with Crippen LogP contribution in [0.25, 0.3) is 0 Å². The molecule has 0 fully saturated rings. The smallest absolute Gasteiger partial charge is 0.241 e. The van der Waals surface area contributed by atoms with E-state index >= 15 is 0 Å². The van der Waals surface area contributed by atoms with Crippen molar-refractivity contribution in [2.24, 2.45) is 0 Å². The van der Waals surface area contributed by atoms with Gasteiger partial charge in [0.2, 0.25) is 5.91 Å². The molecule has 0 saturated heterocycles. The summed E-state index contributed by atoms with van der Waals surface area (Å²) in [7, 11) is 0. The first kappa shape index (κ1) is 17.3. The van der Waals surface area contributed by atoms with E-state index in [1.807, 2.05) is 18.7 Å². The number of hydrogen-bond acceptors (Lipinski definition) is 3. The van der Waals surface area contributed by atoms with Gasteiger partial charge in [-0.05, 0) is 58.4 Å². The van der Waals surface area contributed by atoms with Crippen molar-refractivity contribution in [1.29, 1.82) is 0 Å². The summed E-state index contributed by atoms with van der Waals surface area (Å²) in [5.41, 5.74) is 3.44. The molecule has 21 heavy (non-hydrogen) atoms. The second kappa shape index (κ2) is 8.55. The second-order valence-electron chi connectivity index (χ2n) is 5.09. The Labute approximate surface area is 129 Å². The van der Waals surface area contributed by atoms with Crippen LogP contribution in [-0.4, -0.2) is 43.5 Å². The van der Waals surface area contributed by atoms with Crippen molar-refractivity contribution in [3.8, 4) is 0 Å². The third-order valence-electron chi connectivity index (χ3n) is 3.88. The lowest BCUT2D eigenvalue weighted by molar-refractivity contribution is -0.128. The maximum Gasteiger partial charge on any atom is 0.241 e. The fourth-order valence-corrected chi connectivity index (χ4v) is 2.49. The molecular weight excluding hydrogens is 262 g/mol. The molecule has 0 aliphatic rings. The zero-order chi connectivity index (χ0) is 15.8. The molecule has 0 aliphatic carbocycles. The number of rotatable bonds is 8. The van der Waals surface area contributed by atoms with Crippen LogP contribution < -0.4 is 10.2 Å². The summed E-state index contributed by atoms with van der Waals surface area (Å²) in [5.74, 6) is 0.146. The maximum absolute atomic E-state index is 12.0. The minimum absolute atomic E-state index is 0.146.